The van der Waals surface area contributed by atoms with Crippen LogP contribution >= 0.6 is 22.7 Å². The first kappa shape index (κ1) is 24.0. The molecule has 0 aliphatic carbocycles. The monoisotopic (exact) mass is 490 g/mol. The van der Waals surface area contributed by atoms with Crippen molar-refractivity contribution in [3.8, 4) is 0 Å². The molecule has 8 heteroatoms. The zero-order valence-corrected chi connectivity index (χ0v) is 21.3. The lowest BCUT2D eigenvalue weighted by Crippen LogP contribution is -2.46. The molecule has 2 saturated heterocycles. The smallest absolute Gasteiger partial charge is 0.362 e. The van der Waals surface area contributed by atoms with Crippen molar-refractivity contribution in [2.75, 3.05) is 26.3 Å². The summed E-state index contributed by atoms with van der Waals surface area (Å²) >= 11 is 3.51. The third-order valence-corrected chi connectivity index (χ3v) is 8.58. The highest BCUT2D eigenvalue weighted by molar-refractivity contribution is 7.17. The Balaban J connectivity index is 1.29. The summed E-state index contributed by atoms with van der Waals surface area (Å²) in [4.78, 5) is 0. The molecule has 2 unspecified atom stereocenters. The van der Waals surface area contributed by atoms with Crippen molar-refractivity contribution in [3.63, 3.8) is 0 Å². The molecule has 34 heavy (non-hydrogen) atoms. The number of nitrogens with one attached hydrogen (secondary N) is 2. The van der Waals surface area contributed by atoms with E-state index in [-0.39, 0.29) is 6.92 Å². The third-order valence-electron chi connectivity index (χ3n) is 6.70. The Hall–Kier alpha value is -1.67. The Labute approximate surface area is 211 Å². The molecule has 1 aromatic carbocycles. The van der Waals surface area contributed by atoms with Crippen LogP contribution in [0.3, 0.4) is 0 Å². The number of thiophene rings is 2. The number of rotatable bonds is 10. The van der Waals surface area contributed by atoms with Gasteiger partial charge in [0, 0.05) is 34.5 Å². The topological polar surface area (TPSA) is 42.5 Å². The Morgan fingerprint density at radius 1 is 1.09 bits per heavy atom. The minimum absolute atomic E-state index is 0.0452. The van der Waals surface area contributed by atoms with Crippen LogP contribution < -0.4 is 31.3 Å². The van der Waals surface area contributed by atoms with Crippen LogP contribution in [0.4, 0.5) is 0 Å². The summed E-state index contributed by atoms with van der Waals surface area (Å²) in [5.74, 6) is 2.09. The number of benzene rings is 1. The summed E-state index contributed by atoms with van der Waals surface area (Å²) in [5.41, 5.74) is 2.42. The molecule has 5 rings (SSSR count). The zero-order valence-electron chi connectivity index (χ0n) is 19.6. The molecule has 4 heterocycles. The van der Waals surface area contributed by atoms with E-state index >= 15 is 0 Å². The van der Waals surface area contributed by atoms with Crippen LogP contribution in [0.25, 0.3) is 22.7 Å². The highest BCUT2D eigenvalue weighted by atomic mass is 32.1. The van der Waals surface area contributed by atoms with Gasteiger partial charge in [0.25, 0.3) is 0 Å². The molecule has 2 aliphatic rings. The lowest BCUT2D eigenvalue weighted by molar-refractivity contribution is 0.288. The third kappa shape index (κ3) is 5.93. The summed E-state index contributed by atoms with van der Waals surface area (Å²) in [6, 6.07) is 9.87. The molecule has 2 N–H and O–H groups in total. The lowest BCUT2D eigenvalue weighted by Gasteiger charge is -2.17. The van der Waals surface area contributed by atoms with Crippen LogP contribution in [0.1, 0.15) is 25.7 Å². The van der Waals surface area contributed by atoms with E-state index < -0.39 is 0 Å². The van der Waals surface area contributed by atoms with Gasteiger partial charge in [-0.2, -0.15) is 11.3 Å². The van der Waals surface area contributed by atoms with Crippen molar-refractivity contribution in [1.29, 1.82) is 0 Å². The minimum Gasteiger partial charge on any atom is -0.433 e. The Morgan fingerprint density at radius 3 is 2.65 bits per heavy atom. The van der Waals surface area contributed by atoms with E-state index in [0.29, 0.717) is 19.6 Å². The number of hydrogen-bond donors (Lipinski definition) is 2. The van der Waals surface area contributed by atoms with Crippen molar-refractivity contribution in [2.24, 2.45) is 0 Å². The molecule has 0 spiro atoms. The molecule has 2 atom stereocenters. The average molecular weight is 490 g/mol. The second kappa shape index (κ2) is 11.8. The molecule has 4 nitrogen and oxygen atoms in total. The number of hydrogen-bond acceptors (Lipinski definition) is 6. The van der Waals surface area contributed by atoms with Crippen molar-refractivity contribution in [3.05, 3.63) is 56.8 Å². The van der Waals surface area contributed by atoms with Crippen molar-refractivity contribution in [1.82, 2.24) is 10.6 Å². The van der Waals surface area contributed by atoms with Gasteiger partial charge in [0.1, 0.15) is 0 Å². The summed E-state index contributed by atoms with van der Waals surface area (Å²) in [6.45, 7) is 8.11. The van der Waals surface area contributed by atoms with E-state index in [1.165, 1.54) is 51.2 Å². The molecular formula is C26H32B2N2O2S2. The molecule has 3 aromatic rings. The summed E-state index contributed by atoms with van der Waals surface area (Å²) < 4.78 is 14.7. The highest BCUT2D eigenvalue weighted by Crippen LogP contribution is 2.13. The normalized spacial score (nSPS) is 21.2. The molecule has 0 saturated carbocycles. The van der Waals surface area contributed by atoms with E-state index in [4.69, 9.17) is 9.31 Å². The van der Waals surface area contributed by atoms with E-state index in [0.717, 1.165) is 31.5 Å². The largest absolute Gasteiger partial charge is 0.433 e. The van der Waals surface area contributed by atoms with Gasteiger partial charge in [-0.1, -0.05) is 36.8 Å². The van der Waals surface area contributed by atoms with Crippen LogP contribution in [0.15, 0.2) is 47.1 Å². The van der Waals surface area contributed by atoms with Crippen molar-refractivity contribution < 1.29 is 9.31 Å². The molecule has 2 aromatic heterocycles. The maximum absolute atomic E-state index is 6.48. The first-order valence-electron chi connectivity index (χ1n) is 12.3. The summed E-state index contributed by atoms with van der Waals surface area (Å²) in [6.07, 6.45) is 9.16. The first-order valence-corrected chi connectivity index (χ1v) is 14.1. The zero-order chi connectivity index (χ0) is 23.2. The van der Waals surface area contributed by atoms with Crippen molar-refractivity contribution >= 4 is 70.7 Å². The fourth-order valence-electron chi connectivity index (χ4n) is 4.79. The number of allylic oxidation sites excluding steroid dienone is 1. The van der Waals surface area contributed by atoms with Gasteiger partial charge < -0.3 is 19.9 Å². The Kier molecular flexibility index (Phi) is 8.38. The van der Waals surface area contributed by atoms with Crippen LogP contribution in [-0.2, 0) is 9.31 Å². The van der Waals surface area contributed by atoms with E-state index in [1.807, 2.05) is 0 Å². The van der Waals surface area contributed by atoms with Gasteiger partial charge in [0.15, 0.2) is 0 Å². The van der Waals surface area contributed by atoms with Gasteiger partial charge in [-0.25, -0.2) is 0 Å². The van der Waals surface area contributed by atoms with Crippen LogP contribution in [-0.4, -0.2) is 52.8 Å². The van der Waals surface area contributed by atoms with E-state index in [1.54, 1.807) is 22.7 Å². The average Bonchev–Trinajstić information content (AvgIpc) is 3.66. The molecule has 0 radical (unpaired) electrons. The fraction of sp³-hybridized carbons (Fsp3) is 0.385. The molecule has 2 fully saturated rings. The van der Waals surface area contributed by atoms with Gasteiger partial charge in [0.2, 0.25) is 0 Å². The second-order valence-electron chi connectivity index (χ2n) is 9.19. The number of fused-ring (bicyclic) bond motifs is 1. The first-order chi connectivity index (χ1) is 16.8. The van der Waals surface area contributed by atoms with Gasteiger partial charge in [-0.15, -0.1) is 11.3 Å². The second-order valence-corrected chi connectivity index (χ2v) is 11.1. The van der Waals surface area contributed by atoms with Crippen LogP contribution in [0.5, 0.6) is 0 Å². The van der Waals surface area contributed by atoms with Crippen LogP contribution in [0, 0.1) is 0 Å². The predicted molar refractivity (Wildman–Crippen MR) is 151 cm³/mol. The highest BCUT2D eigenvalue weighted by Gasteiger charge is 2.25. The molecule has 2 aliphatic heterocycles. The Morgan fingerprint density at radius 2 is 1.91 bits per heavy atom. The van der Waals surface area contributed by atoms with Gasteiger partial charge in [-0.05, 0) is 83.2 Å². The standard InChI is InChI=1S/C26H32B2N2O2S2/c1-19-24-15-20(28(21-10-14-33-18-21)32-17-23-6-4-13-30-23)8-9-26(24)34-25(19)7-2-11-27-31-16-22-5-3-12-29-22/h2,7-11,14-15,18,22-23,27,29-30H,1,3-6,12-13,16-17H2/b11-2+,25-7+. The lowest BCUT2D eigenvalue weighted by atomic mass is 9.56. The molecule has 176 valence electrons. The predicted octanol–water partition coefficient (Wildman–Crippen LogP) is 1.66. The maximum Gasteiger partial charge on any atom is 0.362 e. The van der Waals surface area contributed by atoms with Gasteiger partial charge >= 0.3 is 14.4 Å². The minimum atomic E-state index is -0.0452. The maximum atomic E-state index is 6.48. The Bertz CT molecular complexity index is 1200. The fourth-order valence-corrected chi connectivity index (χ4v) is 6.51. The van der Waals surface area contributed by atoms with Crippen molar-refractivity contribution in [2.45, 2.75) is 37.8 Å². The summed E-state index contributed by atoms with van der Waals surface area (Å²) in [7, 11) is 0.645. The van der Waals surface area contributed by atoms with Crippen LogP contribution in [0.2, 0.25) is 0 Å². The van der Waals surface area contributed by atoms with E-state index in [2.05, 4.69) is 70.4 Å². The van der Waals surface area contributed by atoms with Gasteiger partial charge in [-0.3, -0.25) is 0 Å². The molecule has 0 amide bonds. The quantitative estimate of drug-likeness (QED) is 0.335. The SMILES string of the molecule is C=c1/c(=C\C=C\BOCC2CCCN2)sc2ccc(B(OCC3CCCN3)c3ccsc3)cc12. The molecule has 0 bridgehead atoms. The summed E-state index contributed by atoms with van der Waals surface area (Å²) in [5, 5.41) is 13.6. The van der Waals surface area contributed by atoms with E-state index in [9.17, 15) is 0 Å². The van der Waals surface area contributed by atoms with Gasteiger partial charge in [0.05, 0.1) is 0 Å². The molecular weight excluding hydrogens is 458 g/mol.